The average molecular weight is 467 g/mol. The van der Waals surface area contributed by atoms with Crippen LogP contribution in [-0.2, 0) is 17.5 Å². The Bertz CT molecular complexity index is 1010. The van der Waals surface area contributed by atoms with Gasteiger partial charge in [-0.25, -0.2) is 4.98 Å². The Morgan fingerprint density at radius 3 is 1.71 bits per heavy atom. The van der Waals surface area contributed by atoms with Crippen molar-refractivity contribution in [3.63, 3.8) is 0 Å². The van der Waals surface area contributed by atoms with Crippen molar-refractivity contribution in [1.82, 2.24) is 10.3 Å². The van der Waals surface area contributed by atoms with Crippen LogP contribution in [0.25, 0.3) is 0 Å². The number of hydrogen-bond donors (Lipinski definition) is 1. The summed E-state index contributed by atoms with van der Waals surface area (Å²) in [6, 6.07) is 32.5. The third kappa shape index (κ3) is 5.22. The van der Waals surface area contributed by atoms with Gasteiger partial charge in [0.1, 0.15) is 34.3 Å². The van der Waals surface area contributed by atoms with Crippen molar-refractivity contribution in [3.05, 3.63) is 107 Å². The second-order valence-electron chi connectivity index (χ2n) is 7.12. The molecule has 0 unspecified atom stereocenters. The molecule has 1 amide bonds. The summed E-state index contributed by atoms with van der Waals surface area (Å²) in [5.74, 6) is -0.0357. The first-order chi connectivity index (χ1) is 14.7. The van der Waals surface area contributed by atoms with Crippen molar-refractivity contribution in [3.8, 4) is 0 Å². The SMILES string of the molecule is CC(=O)NCc1nc(C[P+](c2ccccc2)(c2ccccc2)c2ccccc2)cs1.[Cl-]. The zero-order valence-corrected chi connectivity index (χ0v) is 19.7. The van der Waals surface area contributed by atoms with Gasteiger partial charge in [-0.1, -0.05) is 54.6 Å². The van der Waals surface area contributed by atoms with Crippen LogP contribution in [0, 0.1) is 0 Å². The molecule has 0 saturated carbocycles. The van der Waals surface area contributed by atoms with Crippen LogP contribution in [0.5, 0.6) is 0 Å². The molecule has 0 atom stereocenters. The Balaban J connectivity index is 0.00000272. The first-order valence-corrected chi connectivity index (χ1v) is 12.8. The van der Waals surface area contributed by atoms with E-state index in [2.05, 4.69) is 102 Å². The molecular weight excluding hydrogens is 443 g/mol. The molecule has 0 aliphatic rings. The largest absolute Gasteiger partial charge is 1.00 e. The van der Waals surface area contributed by atoms with E-state index in [1.165, 1.54) is 22.8 Å². The Kier molecular flexibility index (Phi) is 7.97. The molecule has 4 aromatic rings. The molecule has 0 spiro atoms. The van der Waals surface area contributed by atoms with Crippen LogP contribution < -0.4 is 33.6 Å². The van der Waals surface area contributed by atoms with Crippen molar-refractivity contribution in [1.29, 1.82) is 0 Å². The minimum absolute atomic E-state index is 0. The summed E-state index contributed by atoms with van der Waals surface area (Å²) in [5, 5.41) is 9.97. The fourth-order valence-corrected chi connectivity index (χ4v) is 8.70. The minimum Gasteiger partial charge on any atom is -1.00 e. The molecule has 0 radical (unpaired) electrons. The van der Waals surface area contributed by atoms with Gasteiger partial charge in [-0.3, -0.25) is 4.79 Å². The van der Waals surface area contributed by atoms with E-state index in [0.29, 0.717) is 6.54 Å². The van der Waals surface area contributed by atoms with Crippen LogP contribution >= 0.6 is 18.6 Å². The number of carbonyl (C=O) groups is 1. The number of aromatic nitrogens is 1. The third-order valence-corrected chi connectivity index (χ3v) is 10.3. The third-order valence-electron chi connectivity index (χ3n) is 5.08. The molecule has 0 bridgehead atoms. The quantitative estimate of drug-likeness (QED) is 0.417. The predicted octanol–water partition coefficient (Wildman–Crippen LogP) is 1.28. The van der Waals surface area contributed by atoms with Gasteiger partial charge in [-0.05, 0) is 36.4 Å². The predicted molar refractivity (Wildman–Crippen MR) is 128 cm³/mol. The first kappa shape index (κ1) is 23.1. The highest BCUT2D eigenvalue weighted by Gasteiger charge is 2.45. The van der Waals surface area contributed by atoms with E-state index in [1.807, 2.05) is 0 Å². The van der Waals surface area contributed by atoms with Gasteiger partial charge in [-0.15, -0.1) is 11.3 Å². The van der Waals surface area contributed by atoms with Gasteiger partial charge in [0.25, 0.3) is 0 Å². The van der Waals surface area contributed by atoms with Gasteiger partial charge in [0.05, 0.1) is 12.2 Å². The summed E-state index contributed by atoms with van der Waals surface area (Å²) in [5.41, 5.74) is 1.07. The summed E-state index contributed by atoms with van der Waals surface area (Å²) in [6.45, 7) is 2.01. The number of nitrogens with zero attached hydrogens (tertiary/aromatic N) is 1. The van der Waals surface area contributed by atoms with E-state index in [1.54, 1.807) is 11.3 Å². The maximum absolute atomic E-state index is 11.3. The lowest BCUT2D eigenvalue weighted by Gasteiger charge is -2.27. The average Bonchev–Trinajstić information content (AvgIpc) is 3.25. The second-order valence-corrected chi connectivity index (χ2v) is 11.5. The normalized spacial score (nSPS) is 10.9. The molecule has 31 heavy (non-hydrogen) atoms. The molecule has 0 fully saturated rings. The summed E-state index contributed by atoms with van der Waals surface area (Å²) in [4.78, 5) is 16.2. The first-order valence-electron chi connectivity index (χ1n) is 9.91. The molecule has 4 rings (SSSR count). The van der Waals surface area contributed by atoms with Gasteiger partial charge in [-0.2, -0.15) is 0 Å². The molecule has 0 saturated heterocycles. The Morgan fingerprint density at radius 1 is 0.839 bits per heavy atom. The molecule has 0 aliphatic heterocycles. The summed E-state index contributed by atoms with van der Waals surface area (Å²) in [6.07, 6.45) is 0.849. The number of nitrogens with one attached hydrogen (secondary N) is 1. The Labute approximate surface area is 194 Å². The fraction of sp³-hybridized carbons (Fsp3) is 0.120. The number of thiazole rings is 1. The van der Waals surface area contributed by atoms with Gasteiger partial charge in [0, 0.05) is 12.3 Å². The highest BCUT2D eigenvalue weighted by Crippen LogP contribution is 2.58. The number of carbonyl (C=O) groups excluding carboxylic acids is 1. The smallest absolute Gasteiger partial charge is 0.217 e. The lowest BCUT2D eigenvalue weighted by atomic mass is 10.4. The van der Waals surface area contributed by atoms with Crippen LogP contribution in [0.1, 0.15) is 17.6 Å². The van der Waals surface area contributed by atoms with Crippen molar-refractivity contribution in [2.45, 2.75) is 19.6 Å². The van der Waals surface area contributed by atoms with Gasteiger partial charge in [0.2, 0.25) is 5.91 Å². The number of hydrogen-bond acceptors (Lipinski definition) is 3. The molecular formula is C25H24ClN2OPS. The van der Waals surface area contributed by atoms with E-state index < -0.39 is 7.26 Å². The van der Waals surface area contributed by atoms with E-state index in [0.717, 1.165) is 16.9 Å². The van der Waals surface area contributed by atoms with Crippen LogP contribution in [-0.4, -0.2) is 10.9 Å². The van der Waals surface area contributed by atoms with Crippen LogP contribution in [0.15, 0.2) is 96.4 Å². The molecule has 1 aromatic heterocycles. The minimum atomic E-state index is -1.94. The number of rotatable bonds is 7. The molecule has 0 aliphatic carbocycles. The molecule has 6 heteroatoms. The maximum atomic E-state index is 11.3. The summed E-state index contributed by atoms with van der Waals surface area (Å²) >= 11 is 1.61. The standard InChI is InChI=1S/C25H23N2OPS.ClH/c1-20(28)26-17-25-27-21(19-30-25)18-29(22-11-5-2-6-12-22,23-13-7-3-8-14-23)24-15-9-4-10-16-24;/h2-16,19H,17-18H2,1H3;1H. The fourth-order valence-electron chi connectivity index (χ4n) is 3.71. The Morgan fingerprint density at radius 2 is 1.29 bits per heavy atom. The van der Waals surface area contributed by atoms with E-state index in [4.69, 9.17) is 4.98 Å². The van der Waals surface area contributed by atoms with Gasteiger partial charge < -0.3 is 17.7 Å². The molecule has 3 aromatic carbocycles. The summed E-state index contributed by atoms with van der Waals surface area (Å²) in [7, 11) is -1.94. The Hall–Kier alpha value is -2.52. The molecule has 1 N–H and O–H groups in total. The van der Waals surface area contributed by atoms with E-state index >= 15 is 0 Å². The van der Waals surface area contributed by atoms with E-state index in [9.17, 15) is 4.79 Å². The van der Waals surface area contributed by atoms with Crippen LogP contribution in [0.4, 0.5) is 0 Å². The van der Waals surface area contributed by atoms with Crippen molar-refractivity contribution < 1.29 is 17.2 Å². The maximum Gasteiger partial charge on any atom is 0.217 e. The zero-order chi connectivity index (χ0) is 20.8. The topological polar surface area (TPSA) is 42.0 Å². The molecule has 3 nitrogen and oxygen atoms in total. The van der Waals surface area contributed by atoms with Crippen molar-refractivity contribution in [2.24, 2.45) is 0 Å². The number of amides is 1. The lowest BCUT2D eigenvalue weighted by molar-refractivity contribution is -0.119. The van der Waals surface area contributed by atoms with Crippen molar-refractivity contribution in [2.75, 3.05) is 0 Å². The second kappa shape index (κ2) is 10.7. The molecule has 158 valence electrons. The van der Waals surface area contributed by atoms with Crippen LogP contribution in [0.3, 0.4) is 0 Å². The van der Waals surface area contributed by atoms with Crippen molar-refractivity contribution >= 4 is 40.4 Å². The van der Waals surface area contributed by atoms with E-state index in [-0.39, 0.29) is 18.3 Å². The number of benzene rings is 3. The highest BCUT2D eigenvalue weighted by molar-refractivity contribution is 7.95. The lowest BCUT2D eigenvalue weighted by Crippen LogP contribution is -3.00. The zero-order valence-electron chi connectivity index (χ0n) is 17.2. The molecule has 1 heterocycles. The summed E-state index contributed by atoms with van der Waals surface area (Å²) < 4.78 is 0. The monoisotopic (exact) mass is 466 g/mol. The van der Waals surface area contributed by atoms with Gasteiger partial charge in [0.15, 0.2) is 0 Å². The van der Waals surface area contributed by atoms with Gasteiger partial charge >= 0.3 is 0 Å². The number of halogens is 1. The van der Waals surface area contributed by atoms with Crippen LogP contribution in [0.2, 0.25) is 0 Å². The highest BCUT2D eigenvalue weighted by atomic mass is 35.5.